The summed E-state index contributed by atoms with van der Waals surface area (Å²) in [5.41, 5.74) is 1.55. The number of hydrogen-bond donors (Lipinski definition) is 1. The fourth-order valence-corrected chi connectivity index (χ4v) is 3.18. The first-order valence-electron chi connectivity index (χ1n) is 8.36. The SMILES string of the molecule is CCCN(C(=O)c1cc(OC)c(C)c(OC)c1)C1CCNCC1.Cl. The van der Waals surface area contributed by atoms with Gasteiger partial charge in [0.25, 0.3) is 5.91 Å². The van der Waals surface area contributed by atoms with E-state index in [1.54, 1.807) is 14.2 Å². The van der Waals surface area contributed by atoms with Crippen LogP contribution in [0.15, 0.2) is 12.1 Å². The van der Waals surface area contributed by atoms with Crippen LogP contribution in [0.2, 0.25) is 0 Å². The number of methoxy groups -OCH3 is 2. The van der Waals surface area contributed by atoms with Gasteiger partial charge in [0.1, 0.15) is 11.5 Å². The average molecular weight is 357 g/mol. The molecule has 1 fully saturated rings. The van der Waals surface area contributed by atoms with Gasteiger partial charge in [-0.1, -0.05) is 6.92 Å². The van der Waals surface area contributed by atoms with Crippen LogP contribution >= 0.6 is 12.4 Å². The van der Waals surface area contributed by atoms with Crippen molar-refractivity contribution < 1.29 is 14.3 Å². The van der Waals surface area contributed by atoms with Crippen molar-refractivity contribution in [2.24, 2.45) is 0 Å². The number of hydrogen-bond acceptors (Lipinski definition) is 4. The van der Waals surface area contributed by atoms with Gasteiger partial charge in [-0.3, -0.25) is 4.79 Å². The number of carbonyl (C=O) groups excluding carboxylic acids is 1. The summed E-state index contributed by atoms with van der Waals surface area (Å²) in [6, 6.07) is 3.95. The van der Waals surface area contributed by atoms with E-state index in [1.807, 2.05) is 24.0 Å². The van der Waals surface area contributed by atoms with Crippen LogP contribution in [0.3, 0.4) is 0 Å². The Hall–Kier alpha value is -1.46. The van der Waals surface area contributed by atoms with Gasteiger partial charge < -0.3 is 19.7 Å². The molecule has 1 amide bonds. The van der Waals surface area contributed by atoms with E-state index in [0.29, 0.717) is 23.1 Å². The number of piperidine rings is 1. The van der Waals surface area contributed by atoms with Gasteiger partial charge in [-0.15, -0.1) is 12.4 Å². The van der Waals surface area contributed by atoms with Crippen LogP contribution < -0.4 is 14.8 Å². The maximum Gasteiger partial charge on any atom is 0.254 e. The molecule has 1 aliphatic heterocycles. The number of nitrogens with one attached hydrogen (secondary N) is 1. The molecule has 0 spiro atoms. The molecule has 1 heterocycles. The van der Waals surface area contributed by atoms with Gasteiger partial charge in [-0.05, 0) is 51.4 Å². The van der Waals surface area contributed by atoms with Crippen LogP contribution in [-0.4, -0.2) is 50.7 Å². The first kappa shape index (κ1) is 20.6. The van der Waals surface area contributed by atoms with E-state index < -0.39 is 0 Å². The predicted molar refractivity (Wildman–Crippen MR) is 98.8 cm³/mol. The molecule has 2 rings (SSSR count). The second kappa shape index (κ2) is 9.74. The Labute approximate surface area is 151 Å². The summed E-state index contributed by atoms with van der Waals surface area (Å²) in [6.07, 6.45) is 2.97. The summed E-state index contributed by atoms with van der Waals surface area (Å²) in [5.74, 6) is 1.44. The van der Waals surface area contributed by atoms with Crippen LogP contribution in [0.5, 0.6) is 11.5 Å². The lowest BCUT2D eigenvalue weighted by molar-refractivity contribution is 0.0642. The summed E-state index contributed by atoms with van der Waals surface area (Å²) in [7, 11) is 3.24. The van der Waals surface area contributed by atoms with E-state index in [0.717, 1.165) is 44.5 Å². The lowest BCUT2D eigenvalue weighted by Crippen LogP contribution is -2.46. The molecule has 6 heteroatoms. The second-order valence-corrected chi connectivity index (χ2v) is 5.99. The molecule has 0 aromatic heterocycles. The zero-order valence-corrected chi connectivity index (χ0v) is 15.9. The van der Waals surface area contributed by atoms with E-state index in [2.05, 4.69) is 12.2 Å². The lowest BCUT2D eigenvalue weighted by atomic mass is 10.0. The van der Waals surface area contributed by atoms with Gasteiger partial charge in [0.15, 0.2) is 0 Å². The summed E-state index contributed by atoms with van der Waals surface area (Å²) in [6.45, 7) is 6.76. The maximum atomic E-state index is 13.1. The Morgan fingerprint density at radius 3 is 2.21 bits per heavy atom. The van der Waals surface area contributed by atoms with Crippen molar-refractivity contribution >= 4 is 18.3 Å². The molecule has 5 nitrogen and oxygen atoms in total. The van der Waals surface area contributed by atoms with Crippen LogP contribution in [0.25, 0.3) is 0 Å². The number of rotatable bonds is 6. The zero-order valence-electron chi connectivity index (χ0n) is 15.1. The van der Waals surface area contributed by atoms with Crippen LogP contribution in [0.1, 0.15) is 42.1 Å². The highest BCUT2D eigenvalue weighted by molar-refractivity contribution is 5.95. The number of halogens is 1. The normalized spacial score (nSPS) is 14.7. The van der Waals surface area contributed by atoms with Gasteiger partial charge in [0.2, 0.25) is 0 Å². The molecule has 24 heavy (non-hydrogen) atoms. The highest BCUT2D eigenvalue weighted by atomic mass is 35.5. The number of nitrogens with zero attached hydrogens (tertiary/aromatic N) is 1. The average Bonchev–Trinajstić information content (AvgIpc) is 2.60. The van der Waals surface area contributed by atoms with Gasteiger partial charge in [-0.2, -0.15) is 0 Å². The third kappa shape index (κ3) is 4.54. The summed E-state index contributed by atoms with van der Waals surface area (Å²) in [5, 5.41) is 3.36. The third-order valence-electron chi connectivity index (χ3n) is 4.47. The molecule has 1 saturated heterocycles. The maximum absolute atomic E-state index is 13.1. The van der Waals surface area contributed by atoms with Gasteiger partial charge >= 0.3 is 0 Å². The lowest BCUT2D eigenvalue weighted by Gasteiger charge is -2.34. The minimum Gasteiger partial charge on any atom is -0.496 e. The largest absolute Gasteiger partial charge is 0.496 e. The van der Waals surface area contributed by atoms with Crippen molar-refractivity contribution in [2.45, 2.75) is 39.2 Å². The molecule has 1 N–H and O–H groups in total. The molecule has 0 radical (unpaired) electrons. The smallest absolute Gasteiger partial charge is 0.254 e. The highest BCUT2D eigenvalue weighted by Crippen LogP contribution is 2.30. The number of ether oxygens (including phenoxy) is 2. The van der Waals surface area contributed by atoms with E-state index in [1.165, 1.54) is 0 Å². The first-order valence-corrected chi connectivity index (χ1v) is 8.36. The van der Waals surface area contributed by atoms with Gasteiger partial charge in [0, 0.05) is 23.7 Å². The second-order valence-electron chi connectivity index (χ2n) is 5.99. The van der Waals surface area contributed by atoms with Crippen molar-refractivity contribution in [3.8, 4) is 11.5 Å². The third-order valence-corrected chi connectivity index (χ3v) is 4.47. The molecular weight excluding hydrogens is 328 g/mol. The topological polar surface area (TPSA) is 50.8 Å². The van der Waals surface area contributed by atoms with E-state index >= 15 is 0 Å². The Balaban J connectivity index is 0.00000288. The van der Waals surface area contributed by atoms with Crippen LogP contribution in [0, 0.1) is 6.92 Å². The fourth-order valence-electron chi connectivity index (χ4n) is 3.18. The van der Waals surface area contributed by atoms with Crippen LogP contribution in [0.4, 0.5) is 0 Å². The quantitative estimate of drug-likeness (QED) is 0.851. The fraction of sp³-hybridized carbons (Fsp3) is 0.611. The highest BCUT2D eigenvalue weighted by Gasteiger charge is 2.26. The molecule has 1 aromatic carbocycles. The van der Waals surface area contributed by atoms with Crippen LogP contribution in [-0.2, 0) is 0 Å². The molecule has 0 unspecified atom stereocenters. The predicted octanol–water partition coefficient (Wildman–Crippen LogP) is 3.04. The number of amides is 1. The Morgan fingerprint density at radius 2 is 1.75 bits per heavy atom. The van der Waals surface area contributed by atoms with E-state index in [-0.39, 0.29) is 18.3 Å². The van der Waals surface area contributed by atoms with E-state index in [4.69, 9.17) is 9.47 Å². The monoisotopic (exact) mass is 356 g/mol. The van der Waals surface area contributed by atoms with Gasteiger partial charge in [0.05, 0.1) is 14.2 Å². The Morgan fingerprint density at radius 1 is 1.21 bits per heavy atom. The van der Waals surface area contributed by atoms with Crippen molar-refractivity contribution in [2.75, 3.05) is 33.9 Å². The molecular formula is C18H29ClN2O3. The van der Waals surface area contributed by atoms with Crippen molar-refractivity contribution in [3.63, 3.8) is 0 Å². The first-order chi connectivity index (χ1) is 11.1. The molecule has 0 bridgehead atoms. The minimum atomic E-state index is 0. The molecule has 0 atom stereocenters. The molecule has 0 saturated carbocycles. The van der Waals surface area contributed by atoms with Gasteiger partial charge in [-0.25, -0.2) is 0 Å². The molecule has 0 aliphatic carbocycles. The summed E-state index contributed by atoms with van der Waals surface area (Å²) >= 11 is 0. The summed E-state index contributed by atoms with van der Waals surface area (Å²) < 4.78 is 10.8. The Kier molecular flexibility index (Phi) is 8.36. The number of carbonyl (C=O) groups is 1. The minimum absolute atomic E-state index is 0. The molecule has 1 aliphatic rings. The Bertz CT molecular complexity index is 520. The van der Waals surface area contributed by atoms with Crippen molar-refractivity contribution in [3.05, 3.63) is 23.3 Å². The van der Waals surface area contributed by atoms with Crippen molar-refractivity contribution in [1.82, 2.24) is 10.2 Å². The molecule has 136 valence electrons. The number of benzene rings is 1. The summed E-state index contributed by atoms with van der Waals surface area (Å²) in [4.78, 5) is 15.1. The van der Waals surface area contributed by atoms with E-state index in [9.17, 15) is 4.79 Å². The standard InChI is InChI=1S/C18H28N2O3.ClH/c1-5-10-20(15-6-8-19-9-7-15)18(21)14-11-16(22-3)13(2)17(12-14)23-4;/h11-12,15,19H,5-10H2,1-4H3;1H. The zero-order chi connectivity index (χ0) is 16.8. The van der Waals surface area contributed by atoms with Crippen molar-refractivity contribution in [1.29, 1.82) is 0 Å². The molecule has 1 aromatic rings.